The quantitative estimate of drug-likeness (QED) is 0.917. The maximum absolute atomic E-state index is 10.9. The Morgan fingerprint density at radius 1 is 1.44 bits per heavy atom. The van der Waals surface area contributed by atoms with Gasteiger partial charge >= 0.3 is 5.97 Å². The van der Waals surface area contributed by atoms with Gasteiger partial charge in [0, 0.05) is 16.6 Å². The van der Waals surface area contributed by atoms with Gasteiger partial charge in [-0.1, -0.05) is 24.9 Å². The van der Waals surface area contributed by atoms with Crippen LogP contribution in [0.4, 0.5) is 0 Å². The van der Waals surface area contributed by atoms with E-state index in [4.69, 9.17) is 16.7 Å². The lowest BCUT2D eigenvalue weighted by atomic mass is 10.1. The molecule has 0 aliphatic heterocycles. The van der Waals surface area contributed by atoms with Crippen LogP contribution in [-0.2, 0) is 17.8 Å². The van der Waals surface area contributed by atoms with E-state index >= 15 is 0 Å². The molecule has 2 aromatic rings. The van der Waals surface area contributed by atoms with Gasteiger partial charge in [0.25, 0.3) is 0 Å². The molecule has 0 bridgehead atoms. The van der Waals surface area contributed by atoms with Crippen molar-refractivity contribution in [2.45, 2.75) is 33.2 Å². The molecule has 0 amide bonds. The average Bonchev–Trinajstić information content (AvgIpc) is 2.58. The number of rotatable bonds is 4. The van der Waals surface area contributed by atoms with Gasteiger partial charge in [-0.15, -0.1) is 0 Å². The zero-order valence-electron chi connectivity index (χ0n) is 10.5. The second-order valence-electron chi connectivity index (χ2n) is 4.54. The summed E-state index contributed by atoms with van der Waals surface area (Å²) in [5, 5.41) is 10.7. The van der Waals surface area contributed by atoms with E-state index in [0.717, 1.165) is 29.3 Å². The highest BCUT2D eigenvalue weighted by atomic mass is 35.5. The molecule has 0 saturated heterocycles. The van der Waals surface area contributed by atoms with Gasteiger partial charge < -0.3 is 9.67 Å². The molecule has 1 N–H and O–H groups in total. The molecule has 0 unspecified atom stereocenters. The van der Waals surface area contributed by atoms with Gasteiger partial charge in [0.2, 0.25) is 0 Å². The molecule has 0 aliphatic carbocycles. The minimum atomic E-state index is -0.841. The summed E-state index contributed by atoms with van der Waals surface area (Å²) in [5.41, 5.74) is 3.11. The molecule has 3 nitrogen and oxygen atoms in total. The standard InChI is InChI=1S/C14H16ClNO2/c1-3-4-10-7-16(8-14(17)18)13-6-12(15)9(2)5-11(10)13/h5-7H,3-4,8H2,1-2H3,(H,17,18). The van der Waals surface area contributed by atoms with Crippen LogP contribution in [0.1, 0.15) is 24.5 Å². The maximum Gasteiger partial charge on any atom is 0.323 e. The Balaban J connectivity index is 2.64. The highest BCUT2D eigenvalue weighted by molar-refractivity contribution is 6.32. The molecule has 0 fully saturated rings. The first-order valence-corrected chi connectivity index (χ1v) is 6.40. The molecule has 2 rings (SSSR count). The third-order valence-corrected chi connectivity index (χ3v) is 3.48. The van der Waals surface area contributed by atoms with Gasteiger partial charge in [0.15, 0.2) is 0 Å². The zero-order chi connectivity index (χ0) is 13.3. The Morgan fingerprint density at radius 2 is 2.17 bits per heavy atom. The lowest BCUT2D eigenvalue weighted by molar-refractivity contribution is -0.137. The lowest BCUT2D eigenvalue weighted by Crippen LogP contribution is -2.07. The van der Waals surface area contributed by atoms with Gasteiger partial charge in [-0.05, 0) is 36.6 Å². The van der Waals surface area contributed by atoms with Crippen LogP contribution in [0.25, 0.3) is 10.9 Å². The predicted octanol–water partition coefficient (Wildman–Crippen LogP) is 3.64. The van der Waals surface area contributed by atoms with Crippen molar-refractivity contribution in [1.29, 1.82) is 0 Å². The summed E-state index contributed by atoms with van der Waals surface area (Å²) in [6, 6.07) is 3.90. The number of nitrogens with zero attached hydrogens (tertiary/aromatic N) is 1. The van der Waals surface area contributed by atoms with Gasteiger partial charge in [-0.25, -0.2) is 0 Å². The molecule has 18 heavy (non-hydrogen) atoms. The highest BCUT2D eigenvalue weighted by Gasteiger charge is 2.12. The van der Waals surface area contributed by atoms with Crippen LogP contribution in [0, 0.1) is 6.92 Å². The average molecular weight is 266 g/mol. The number of halogens is 1. The number of carboxylic acids is 1. The van der Waals surface area contributed by atoms with Crippen LogP contribution < -0.4 is 0 Å². The first-order valence-electron chi connectivity index (χ1n) is 6.02. The van der Waals surface area contributed by atoms with E-state index < -0.39 is 5.97 Å². The molecule has 1 heterocycles. The van der Waals surface area contributed by atoms with Crippen molar-refractivity contribution in [1.82, 2.24) is 4.57 Å². The minimum Gasteiger partial charge on any atom is -0.480 e. The molecule has 0 spiro atoms. The SMILES string of the molecule is CCCc1cn(CC(=O)O)c2cc(Cl)c(C)cc12. The molecule has 96 valence electrons. The fraction of sp³-hybridized carbons (Fsp3) is 0.357. The molecule has 0 atom stereocenters. The van der Waals surface area contributed by atoms with Crippen LogP contribution in [0.15, 0.2) is 18.3 Å². The summed E-state index contributed by atoms with van der Waals surface area (Å²) in [6.45, 7) is 4.05. The van der Waals surface area contributed by atoms with E-state index in [9.17, 15) is 4.79 Å². The van der Waals surface area contributed by atoms with Gasteiger partial charge in [-0.3, -0.25) is 4.79 Å². The number of aromatic nitrogens is 1. The monoisotopic (exact) mass is 265 g/mol. The van der Waals surface area contributed by atoms with Crippen LogP contribution in [0.5, 0.6) is 0 Å². The van der Waals surface area contributed by atoms with E-state index in [1.807, 2.05) is 25.3 Å². The van der Waals surface area contributed by atoms with E-state index in [2.05, 4.69) is 6.92 Å². The molecular formula is C14H16ClNO2. The van der Waals surface area contributed by atoms with E-state index in [1.165, 1.54) is 5.56 Å². The molecule has 1 aromatic carbocycles. The van der Waals surface area contributed by atoms with Gasteiger partial charge in [0.1, 0.15) is 6.54 Å². The minimum absolute atomic E-state index is 0.0282. The van der Waals surface area contributed by atoms with Crippen LogP contribution in [-0.4, -0.2) is 15.6 Å². The summed E-state index contributed by atoms with van der Waals surface area (Å²) in [4.78, 5) is 10.9. The van der Waals surface area contributed by atoms with Crippen LogP contribution in [0.3, 0.4) is 0 Å². The fourth-order valence-electron chi connectivity index (χ4n) is 2.24. The fourth-order valence-corrected chi connectivity index (χ4v) is 2.40. The Hall–Kier alpha value is -1.48. The molecule has 1 aromatic heterocycles. The Bertz CT molecular complexity index is 601. The number of fused-ring (bicyclic) bond motifs is 1. The molecule has 0 saturated carbocycles. The normalized spacial score (nSPS) is 11.1. The van der Waals surface area contributed by atoms with Crippen molar-refractivity contribution in [3.63, 3.8) is 0 Å². The number of carbonyl (C=O) groups is 1. The number of benzene rings is 1. The number of aliphatic carboxylic acids is 1. The van der Waals surface area contributed by atoms with Crippen molar-refractivity contribution in [2.75, 3.05) is 0 Å². The predicted molar refractivity (Wildman–Crippen MR) is 73.3 cm³/mol. The Labute approximate surface area is 111 Å². The zero-order valence-corrected chi connectivity index (χ0v) is 11.3. The van der Waals surface area contributed by atoms with Crippen molar-refractivity contribution in [3.05, 3.63) is 34.5 Å². The van der Waals surface area contributed by atoms with Gasteiger partial charge in [-0.2, -0.15) is 0 Å². The smallest absolute Gasteiger partial charge is 0.323 e. The van der Waals surface area contributed by atoms with E-state index in [1.54, 1.807) is 4.57 Å². The van der Waals surface area contributed by atoms with E-state index in [-0.39, 0.29) is 6.54 Å². The van der Waals surface area contributed by atoms with Crippen molar-refractivity contribution >= 4 is 28.5 Å². The largest absolute Gasteiger partial charge is 0.480 e. The summed E-state index contributed by atoms with van der Waals surface area (Å²) in [6.07, 6.45) is 3.91. The molecule has 0 radical (unpaired) electrons. The summed E-state index contributed by atoms with van der Waals surface area (Å²) < 4.78 is 1.76. The Kier molecular flexibility index (Phi) is 3.62. The third kappa shape index (κ3) is 2.36. The maximum atomic E-state index is 10.9. The summed E-state index contributed by atoms with van der Waals surface area (Å²) in [5.74, 6) is -0.841. The lowest BCUT2D eigenvalue weighted by Gasteiger charge is -2.03. The highest BCUT2D eigenvalue weighted by Crippen LogP contribution is 2.28. The second kappa shape index (κ2) is 5.02. The number of hydrogen-bond acceptors (Lipinski definition) is 1. The number of hydrogen-bond donors (Lipinski definition) is 1. The first-order chi connectivity index (χ1) is 8.52. The van der Waals surface area contributed by atoms with Crippen molar-refractivity contribution in [2.24, 2.45) is 0 Å². The number of carboxylic acid groups (broad SMARTS) is 1. The van der Waals surface area contributed by atoms with Crippen molar-refractivity contribution in [3.8, 4) is 0 Å². The van der Waals surface area contributed by atoms with E-state index in [0.29, 0.717) is 5.02 Å². The summed E-state index contributed by atoms with van der Waals surface area (Å²) in [7, 11) is 0. The Morgan fingerprint density at radius 3 is 2.78 bits per heavy atom. The van der Waals surface area contributed by atoms with Crippen LogP contribution in [0.2, 0.25) is 5.02 Å². The van der Waals surface area contributed by atoms with Crippen LogP contribution >= 0.6 is 11.6 Å². The first kappa shape index (κ1) is 13.0. The van der Waals surface area contributed by atoms with Crippen molar-refractivity contribution < 1.29 is 9.90 Å². The van der Waals surface area contributed by atoms with Gasteiger partial charge in [0.05, 0.1) is 5.52 Å². The number of aryl methyl sites for hydroxylation is 2. The molecule has 4 heteroatoms. The molecular weight excluding hydrogens is 250 g/mol. The second-order valence-corrected chi connectivity index (χ2v) is 4.95. The topological polar surface area (TPSA) is 42.2 Å². The summed E-state index contributed by atoms with van der Waals surface area (Å²) >= 11 is 6.12. The molecule has 0 aliphatic rings. The third-order valence-electron chi connectivity index (χ3n) is 3.07.